The van der Waals surface area contributed by atoms with Crippen molar-refractivity contribution < 1.29 is 28.1 Å². The third-order valence-corrected chi connectivity index (χ3v) is 7.66. The number of nitro groups is 1. The number of halogens is 1. The topological polar surface area (TPSA) is 117 Å². The molecule has 0 saturated heterocycles. The summed E-state index contributed by atoms with van der Waals surface area (Å²) in [5.41, 5.74) is 0.655. The lowest BCUT2D eigenvalue weighted by molar-refractivity contribution is -0.385. The standard InChI is InChI=1S/C26H22IN2O7P/c1-18(26(30)34-17-19-8-3-2-4-9-19)28-37(33,36-25-15-14-21(29(31)32)16-23(25)27)35-24-13-7-11-20-10-5-6-12-22(20)24/h2-16,18H,17H2,1H3,(H,28,33)/t18-,37?/m0/s1. The predicted molar refractivity (Wildman–Crippen MR) is 147 cm³/mol. The molecule has 0 aliphatic carbocycles. The second-order valence-corrected chi connectivity index (χ2v) is 10.8. The molecule has 37 heavy (non-hydrogen) atoms. The molecule has 11 heteroatoms. The number of nitro benzene ring substituents is 1. The second kappa shape index (κ2) is 11.7. The Morgan fingerprint density at radius 2 is 1.65 bits per heavy atom. The van der Waals surface area contributed by atoms with Crippen LogP contribution in [-0.2, 0) is 20.7 Å². The molecule has 4 rings (SSSR count). The van der Waals surface area contributed by atoms with E-state index in [4.69, 9.17) is 13.8 Å². The first-order valence-corrected chi connectivity index (χ1v) is 13.8. The SMILES string of the molecule is C[C@H](NP(=O)(Oc1ccc([N+](=O)[O-])cc1I)Oc1cccc2ccccc12)C(=O)OCc1ccccc1. The summed E-state index contributed by atoms with van der Waals surface area (Å²) in [4.78, 5) is 23.3. The number of nitrogens with one attached hydrogen (secondary N) is 1. The Kier molecular flexibility index (Phi) is 8.42. The Morgan fingerprint density at radius 1 is 0.973 bits per heavy atom. The fourth-order valence-corrected chi connectivity index (χ4v) is 5.77. The molecule has 0 bridgehead atoms. The molecule has 190 valence electrons. The number of non-ortho nitro benzene ring substituents is 1. The van der Waals surface area contributed by atoms with Gasteiger partial charge in [0, 0.05) is 17.5 Å². The molecule has 0 amide bonds. The number of carbonyl (C=O) groups is 1. The van der Waals surface area contributed by atoms with Crippen molar-refractivity contribution in [1.29, 1.82) is 0 Å². The monoisotopic (exact) mass is 632 g/mol. The van der Waals surface area contributed by atoms with Crippen LogP contribution in [0.2, 0.25) is 0 Å². The maximum absolute atomic E-state index is 14.1. The second-order valence-electron chi connectivity index (χ2n) is 7.97. The number of fused-ring (bicyclic) bond motifs is 1. The predicted octanol–water partition coefficient (Wildman–Crippen LogP) is 6.64. The fraction of sp³-hybridized carbons (Fsp3) is 0.115. The lowest BCUT2D eigenvalue weighted by atomic mass is 10.1. The van der Waals surface area contributed by atoms with Gasteiger partial charge in [0.05, 0.1) is 8.49 Å². The molecule has 1 N–H and O–H groups in total. The average Bonchev–Trinajstić information content (AvgIpc) is 2.89. The first kappa shape index (κ1) is 26.6. The maximum Gasteiger partial charge on any atom is 0.513 e. The van der Waals surface area contributed by atoms with Crippen LogP contribution in [0.5, 0.6) is 11.5 Å². The minimum atomic E-state index is -4.26. The van der Waals surface area contributed by atoms with Crippen LogP contribution >= 0.6 is 30.3 Å². The number of hydrogen-bond acceptors (Lipinski definition) is 7. The third kappa shape index (κ3) is 6.85. The van der Waals surface area contributed by atoms with Gasteiger partial charge in [0.15, 0.2) is 0 Å². The van der Waals surface area contributed by atoms with E-state index in [0.29, 0.717) is 8.96 Å². The van der Waals surface area contributed by atoms with Gasteiger partial charge in [-0.05, 0) is 52.6 Å². The molecule has 0 aliphatic heterocycles. The van der Waals surface area contributed by atoms with E-state index in [-0.39, 0.29) is 23.8 Å². The molecule has 0 aromatic heterocycles. The summed E-state index contributed by atoms with van der Waals surface area (Å²) in [7, 11) is -4.26. The quantitative estimate of drug-likeness (QED) is 0.0680. The average molecular weight is 632 g/mol. The normalized spacial score (nSPS) is 13.4. The number of rotatable bonds is 10. The van der Waals surface area contributed by atoms with Crippen molar-refractivity contribution in [1.82, 2.24) is 5.09 Å². The van der Waals surface area contributed by atoms with Gasteiger partial charge in [0.25, 0.3) is 5.69 Å². The number of hydrogen-bond donors (Lipinski definition) is 1. The maximum atomic E-state index is 14.1. The van der Waals surface area contributed by atoms with Crippen LogP contribution in [0, 0.1) is 13.7 Å². The Balaban J connectivity index is 1.60. The number of benzene rings is 4. The smallest absolute Gasteiger partial charge is 0.460 e. The fourth-order valence-electron chi connectivity index (χ4n) is 3.43. The highest BCUT2D eigenvalue weighted by Gasteiger charge is 2.35. The van der Waals surface area contributed by atoms with Crippen LogP contribution < -0.4 is 14.1 Å². The largest absolute Gasteiger partial charge is 0.513 e. The van der Waals surface area contributed by atoms with Crippen LogP contribution in [-0.4, -0.2) is 16.9 Å². The molecular formula is C26H22IN2O7P. The molecule has 0 spiro atoms. The lowest BCUT2D eigenvalue weighted by Crippen LogP contribution is -2.35. The Labute approximate surface area is 226 Å². The van der Waals surface area contributed by atoms with Crippen molar-refractivity contribution in [2.45, 2.75) is 19.6 Å². The number of carbonyl (C=O) groups excluding carboxylic acids is 1. The molecule has 0 aliphatic rings. The van der Waals surface area contributed by atoms with Gasteiger partial charge >= 0.3 is 13.7 Å². The zero-order valence-corrected chi connectivity index (χ0v) is 22.6. The summed E-state index contributed by atoms with van der Waals surface area (Å²) >= 11 is 1.85. The van der Waals surface area contributed by atoms with Crippen LogP contribution in [0.15, 0.2) is 91.0 Å². The van der Waals surface area contributed by atoms with Crippen molar-refractivity contribution in [3.05, 3.63) is 110 Å². The molecule has 2 atom stereocenters. The van der Waals surface area contributed by atoms with E-state index < -0.39 is 24.7 Å². The van der Waals surface area contributed by atoms with Crippen molar-refractivity contribution in [3.8, 4) is 11.5 Å². The van der Waals surface area contributed by atoms with Gasteiger partial charge in [0.1, 0.15) is 24.1 Å². The van der Waals surface area contributed by atoms with Gasteiger partial charge in [-0.3, -0.25) is 14.9 Å². The summed E-state index contributed by atoms with van der Waals surface area (Å²) in [5.74, 6) is -0.296. The van der Waals surface area contributed by atoms with E-state index in [0.717, 1.165) is 10.9 Å². The van der Waals surface area contributed by atoms with Gasteiger partial charge in [-0.25, -0.2) is 4.57 Å². The highest BCUT2D eigenvalue weighted by Crippen LogP contribution is 2.48. The summed E-state index contributed by atoms with van der Waals surface area (Å²) in [6.07, 6.45) is 0. The first-order valence-electron chi connectivity index (χ1n) is 11.1. The van der Waals surface area contributed by atoms with E-state index in [2.05, 4.69) is 5.09 Å². The van der Waals surface area contributed by atoms with Gasteiger partial charge in [0.2, 0.25) is 0 Å². The molecule has 1 unspecified atom stereocenters. The van der Waals surface area contributed by atoms with E-state index in [1.165, 1.54) is 25.1 Å². The zero-order chi connectivity index (χ0) is 26.4. The highest BCUT2D eigenvalue weighted by atomic mass is 127. The Bertz CT molecular complexity index is 1480. The summed E-state index contributed by atoms with van der Waals surface area (Å²) < 4.78 is 31.5. The number of esters is 1. The molecule has 4 aromatic rings. The van der Waals surface area contributed by atoms with Gasteiger partial charge in [-0.15, -0.1) is 0 Å². The van der Waals surface area contributed by atoms with E-state index >= 15 is 0 Å². The minimum Gasteiger partial charge on any atom is -0.460 e. The first-order chi connectivity index (χ1) is 17.7. The van der Waals surface area contributed by atoms with Crippen LogP contribution in [0.3, 0.4) is 0 Å². The summed E-state index contributed by atoms with van der Waals surface area (Å²) in [5, 5.41) is 15.3. The number of ether oxygens (including phenoxy) is 1. The number of nitrogens with zero attached hydrogens (tertiary/aromatic N) is 1. The molecule has 0 radical (unpaired) electrons. The van der Waals surface area contributed by atoms with E-state index in [1.54, 1.807) is 12.1 Å². The Morgan fingerprint density at radius 3 is 2.38 bits per heavy atom. The van der Waals surface area contributed by atoms with Gasteiger partial charge in [-0.1, -0.05) is 66.7 Å². The van der Waals surface area contributed by atoms with Crippen LogP contribution in [0.4, 0.5) is 5.69 Å². The Hall–Kier alpha value is -3.47. The molecular weight excluding hydrogens is 610 g/mol. The van der Waals surface area contributed by atoms with Crippen molar-refractivity contribution in [2.24, 2.45) is 0 Å². The van der Waals surface area contributed by atoms with E-state index in [9.17, 15) is 19.5 Å². The van der Waals surface area contributed by atoms with Crippen LogP contribution in [0.25, 0.3) is 10.8 Å². The summed E-state index contributed by atoms with van der Waals surface area (Å²) in [6, 6.07) is 24.6. The van der Waals surface area contributed by atoms with Gasteiger partial charge in [-0.2, -0.15) is 5.09 Å². The zero-order valence-electron chi connectivity index (χ0n) is 19.6. The molecule has 9 nitrogen and oxygen atoms in total. The third-order valence-electron chi connectivity index (χ3n) is 5.24. The van der Waals surface area contributed by atoms with Crippen LogP contribution in [0.1, 0.15) is 12.5 Å². The molecule has 0 saturated carbocycles. The van der Waals surface area contributed by atoms with Crippen molar-refractivity contribution in [2.75, 3.05) is 0 Å². The van der Waals surface area contributed by atoms with E-state index in [1.807, 2.05) is 83.3 Å². The molecule has 0 fully saturated rings. The lowest BCUT2D eigenvalue weighted by Gasteiger charge is -2.24. The molecule has 0 heterocycles. The molecule has 4 aromatic carbocycles. The minimum absolute atomic E-state index is 0.0429. The van der Waals surface area contributed by atoms with Gasteiger partial charge < -0.3 is 13.8 Å². The van der Waals surface area contributed by atoms with Crippen molar-refractivity contribution in [3.63, 3.8) is 0 Å². The summed E-state index contributed by atoms with van der Waals surface area (Å²) in [6.45, 7) is 1.53. The highest BCUT2D eigenvalue weighted by molar-refractivity contribution is 14.1. The van der Waals surface area contributed by atoms with Crippen molar-refractivity contribution >= 4 is 52.8 Å².